The van der Waals surface area contributed by atoms with Crippen molar-refractivity contribution in [2.45, 2.75) is 44.2 Å². The molecule has 98 valence electrons. The zero-order valence-corrected chi connectivity index (χ0v) is 11.4. The van der Waals surface area contributed by atoms with Crippen LogP contribution in [0.25, 0.3) is 0 Å². The average Bonchev–Trinajstić information content (AvgIpc) is 2.42. The van der Waals surface area contributed by atoms with Crippen molar-refractivity contribution in [3.63, 3.8) is 0 Å². The lowest BCUT2D eigenvalue weighted by molar-refractivity contribution is 0.220. The molecule has 1 aliphatic heterocycles. The smallest absolute Gasteiger partial charge is 0.0325 e. The van der Waals surface area contributed by atoms with Crippen molar-refractivity contribution in [3.8, 4) is 0 Å². The summed E-state index contributed by atoms with van der Waals surface area (Å²) in [5.41, 5.74) is 3.12. The summed E-state index contributed by atoms with van der Waals surface area (Å²) in [6.07, 6.45) is 6.51. The molecule has 18 heavy (non-hydrogen) atoms. The lowest BCUT2D eigenvalue weighted by Gasteiger charge is -2.35. The number of aryl methyl sites for hydroxylation is 1. The second kappa shape index (κ2) is 5.41. The maximum Gasteiger partial charge on any atom is 0.0325 e. The van der Waals surface area contributed by atoms with Gasteiger partial charge < -0.3 is 10.2 Å². The van der Waals surface area contributed by atoms with Crippen LogP contribution in [0.5, 0.6) is 0 Å². The molecule has 1 fully saturated rings. The van der Waals surface area contributed by atoms with Crippen LogP contribution in [-0.4, -0.2) is 31.1 Å². The van der Waals surface area contributed by atoms with E-state index in [1.807, 2.05) is 0 Å². The lowest BCUT2D eigenvalue weighted by atomic mass is 9.87. The van der Waals surface area contributed by atoms with Crippen LogP contribution in [0, 0.1) is 0 Å². The van der Waals surface area contributed by atoms with E-state index in [1.165, 1.54) is 45.2 Å². The second-order valence-electron chi connectivity index (χ2n) is 5.89. The molecule has 0 bridgehead atoms. The minimum Gasteiger partial charge on any atom is -0.307 e. The number of nitrogens with one attached hydrogen (secondary N) is 1. The fourth-order valence-electron chi connectivity index (χ4n) is 3.39. The molecule has 1 aliphatic carbocycles. The maximum absolute atomic E-state index is 3.91. The van der Waals surface area contributed by atoms with Crippen LogP contribution >= 0.6 is 0 Å². The zero-order chi connectivity index (χ0) is 12.4. The number of piperidine rings is 1. The molecule has 0 aromatic heterocycles. The third kappa shape index (κ3) is 2.60. The summed E-state index contributed by atoms with van der Waals surface area (Å²) in [4.78, 5) is 2.44. The van der Waals surface area contributed by atoms with Crippen LogP contribution in [0.2, 0.25) is 0 Å². The van der Waals surface area contributed by atoms with Crippen molar-refractivity contribution in [3.05, 3.63) is 35.4 Å². The van der Waals surface area contributed by atoms with Crippen LogP contribution in [0.1, 0.15) is 42.9 Å². The second-order valence-corrected chi connectivity index (χ2v) is 5.89. The highest BCUT2D eigenvalue weighted by Gasteiger charge is 2.24. The van der Waals surface area contributed by atoms with E-state index in [9.17, 15) is 0 Å². The Balaban J connectivity index is 1.67. The SMILES string of the molecule is CN1CCC(N[C@H]2CCCc3ccccc32)CC1. The van der Waals surface area contributed by atoms with Gasteiger partial charge in [0.15, 0.2) is 0 Å². The van der Waals surface area contributed by atoms with Crippen LogP contribution in [0.4, 0.5) is 0 Å². The largest absolute Gasteiger partial charge is 0.307 e. The first-order chi connectivity index (χ1) is 8.83. The maximum atomic E-state index is 3.91. The van der Waals surface area contributed by atoms with Crippen molar-refractivity contribution in [1.82, 2.24) is 10.2 Å². The van der Waals surface area contributed by atoms with Crippen LogP contribution < -0.4 is 5.32 Å². The number of hydrogen-bond acceptors (Lipinski definition) is 2. The molecule has 0 amide bonds. The Morgan fingerprint density at radius 3 is 2.72 bits per heavy atom. The first-order valence-electron chi connectivity index (χ1n) is 7.35. The van der Waals surface area contributed by atoms with Gasteiger partial charge in [-0.1, -0.05) is 24.3 Å². The predicted octanol–water partition coefficient (Wildman–Crippen LogP) is 2.75. The Kier molecular flexibility index (Phi) is 3.67. The van der Waals surface area contributed by atoms with Crippen molar-refractivity contribution >= 4 is 0 Å². The number of rotatable bonds is 2. The van der Waals surface area contributed by atoms with Gasteiger partial charge in [0.05, 0.1) is 0 Å². The fourth-order valence-corrected chi connectivity index (χ4v) is 3.39. The molecule has 1 aromatic carbocycles. The monoisotopic (exact) mass is 244 g/mol. The highest BCUT2D eigenvalue weighted by molar-refractivity contribution is 5.32. The standard InChI is InChI=1S/C16H24N2/c1-18-11-9-14(10-12-18)17-16-8-4-6-13-5-2-3-7-15(13)16/h2-3,5,7,14,16-17H,4,6,8-12H2,1H3/t16-/m0/s1. The highest BCUT2D eigenvalue weighted by Crippen LogP contribution is 2.30. The van der Waals surface area contributed by atoms with Crippen LogP contribution in [-0.2, 0) is 6.42 Å². The molecule has 0 spiro atoms. The average molecular weight is 244 g/mol. The lowest BCUT2D eigenvalue weighted by Crippen LogP contribution is -2.42. The molecule has 0 radical (unpaired) electrons. The van der Waals surface area contributed by atoms with E-state index in [-0.39, 0.29) is 0 Å². The van der Waals surface area contributed by atoms with Gasteiger partial charge in [0.25, 0.3) is 0 Å². The molecule has 2 heteroatoms. The third-order valence-corrected chi connectivity index (χ3v) is 4.52. The molecule has 0 saturated carbocycles. The van der Waals surface area contributed by atoms with Gasteiger partial charge in [-0.15, -0.1) is 0 Å². The summed E-state index contributed by atoms with van der Waals surface area (Å²) >= 11 is 0. The Bertz CT molecular complexity index is 394. The quantitative estimate of drug-likeness (QED) is 0.860. The van der Waals surface area contributed by atoms with Gasteiger partial charge in [-0.3, -0.25) is 0 Å². The first-order valence-corrected chi connectivity index (χ1v) is 7.35. The van der Waals surface area contributed by atoms with E-state index in [4.69, 9.17) is 0 Å². The molecule has 0 unspecified atom stereocenters. The predicted molar refractivity (Wildman–Crippen MR) is 75.8 cm³/mol. The number of hydrogen-bond donors (Lipinski definition) is 1. The molecule has 2 aliphatic rings. The van der Waals surface area contributed by atoms with Crippen molar-refractivity contribution < 1.29 is 0 Å². The molecule has 2 nitrogen and oxygen atoms in total. The van der Waals surface area contributed by atoms with Gasteiger partial charge in [0.1, 0.15) is 0 Å². The van der Waals surface area contributed by atoms with E-state index >= 15 is 0 Å². The van der Waals surface area contributed by atoms with E-state index in [0.29, 0.717) is 6.04 Å². The number of benzene rings is 1. The summed E-state index contributed by atoms with van der Waals surface area (Å²) in [5.74, 6) is 0. The van der Waals surface area contributed by atoms with E-state index in [1.54, 1.807) is 11.1 Å². The first kappa shape index (κ1) is 12.2. The number of fused-ring (bicyclic) bond motifs is 1. The minimum absolute atomic E-state index is 0.600. The van der Waals surface area contributed by atoms with Gasteiger partial charge in [0, 0.05) is 12.1 Å². The molecular formula is C16H24N2. The summed E-state index contributed by atoms with van der Waals surface area (Å²) in [5, 5.41) is 3.91. The van der Waals surface area contributed by atoms with Crippen molar-refractivity contribution in [2.24, 2.45) is 0 Å². The van der Waals surface area contributed by atoms with E-state index < -0.39 is 0 Å². The number of nitrogens with zero attached hydrogens (tertiary/aromatic N) is 1. The van der Waals surface area contributed by atoms with Crippen molar-refractivity contribution in [1.29, 1.82) is 0 Å². The molecule has 1 aromatic rings. The van der Waals surface area contributed by atoms with Gasteiger partial charge in [-0.25, -0.2) is 0 Å². The zero-order valence-electron chi connectivity index (χ0n) is 11.4. The topological polar surface area (TPSA) is 15.3 Å². The van der Waals surface area contributed by atoms with Crippen LogP contribution in [0.3, 0.4) is 0 Å². The molecule has 3 rings (SSSR count). The highest BCUT2D eigenvalue weighted by atomic mass is 15.1. The Morgan fingerprint density at radius 2 is 1.89 bits per heavy atom. The summed E-state index contributed by atoms with van der Waals surface area (Å²) in [7, 11) is 2.23. The molecule has 1 atom stereocenters. The fraction of sp³-hybridized carbons (Fsp3) is 0.625. The summed E-state index contributed by atoms with van der Waals surface area (Å²) < 4.78 is 0. The minimum atomic E-state index is 0.600. The van der Waals surface area contributed by atoms with Crippen molar-refractivity contribution in [2.75, 3.05) is 20.1 Å². The van der Waals surface area contributed by atoms with E-state index in [0.717, 1.165) is 6.04 Å². The molecule has 1 heterocycles. The Labute approximate surface area is 110 Å². The molecular weight excluding hydrogens is 220 g/mol. The van der Waals surface area contributed by atoms with Gasteiger partial charge in [0.2, 0.25) is 0 Å². The number of likely N-dealkylation sites (tertiary alicyclic amines) is 1. The van der Waals surface area contributed by atoms with E-state index in [2.05, 4.69) is 41.5 Å². The summed E-state index contributed by atoms with van der Waals surface area (Å²) in [6.45, 7) is 2.48. The van der Waals surface area contributed by atoms with Gasteiger partial charge >= 0.3 is 0 Å². The Morgan fingerprint density at radius 1 is 1.11 bits per heavy atom. The Hall–Kier alpha value is -0.860. The van der Waals surface area contributed by atoms with Gasteiger partial charge in [-0.2, -0.15) is 0 Å². The van der Waals surface area contributed by atoms with Gasteiger partial charge in [-0.05, 0) is 63.4 Å². The molecule has 1 N–H and O–H groups in total. The molecule has 1 saturated heterocycles. The summed E-state index contributed by atoms with van der Waals surface area (Å²) in [6, 6.07) is 10.3. The third-order valence-electron chi connectivity index (χ3n) is 4.52. The van der Waals surface area contributed by atoms with Crippen LogP contribution in [0.15, 0.2) is 24.3 Å². The normalized spacial score (nSPS) is 25.9.